The van der Waals surface area contributed by atoms with Gasteiger partial charge >= 0.3 is 0 Å². The molecule has 2 aromatic rings. The Hall–Kier alpha value is -1.94. The quantitative estimate of drug-likeness (QED) is 0.790. The van der Waals surface area contributed by atoms with E-state index in [0.717, 1.165) is 5.56 Å². The monoisotopic (exact) mass is 426 g/mol. The number of amides is 1. The molecule has 1 amide bonds. The van der Waals surface area contributed by atoms with Gasteiger partial charge in [0.05, 0.1) is 24.6 Å². The highest BCUT2D eigenvalue weighted by Crippen LogP contribution is 2.24. The minimum atomic E-state index is -3.69. The van der Waals surface area contributed by atoms with E-state index in [-0.39, 0.29) is 17.3 Å². The summed E-state index contributed by atoms with van der Waals surface area (Å²) in [6.45, 7) is 6.41. The van der Waals surface area contributed by atoms with Crippen molar-refractivity contribution in [2.75, 3.05) is 31.6 Å². The van der Waals surface area contributed by atoms with Crippen molar-refractivity contribution >= 4 is 33.2 Å². The molecule has 0 unspecified atom stereocenters. The number of hydrogen-bond acceptors (Lipinski definition) is 5. The van der Waals surface area contributed by atoms with Gasteiger partial charge in [-0.3, -0.25) is 9.48 Å². The summed E-state index contributed by atoms with van der Waals surface area (Å²) in [7, 11) is -3.69. The van der Waals surface area contributed by atoms with Gasteiger partial charge in [0, 0.05) is 23.8 Å². The number of halogens is 1. The number of anilines is 1. The van der Waals surface area contributed by atoms with Gasteiger partial charge in [0.1, 0.15) is 11.4 Å². The lowest BCUT2D eigenvalue weighted by Crippen LogP contribution is -2.41. The van der Waals surface area contributed by atoms with E-state index in [1.54, 1.807) is 32.0 Å². The lowest BCUT2D eigenvalue weighted by atomic mass is 10.2. The van der Waals surface area contributed by atoms with Crippen LogP contribution in [0.15, 0.2) is 23.1 Å². The zero-order valence-corrected chi connectivity index (χ0v) is 17.6. The standard InChI is InChI=1S/C18H23ClN4O4S/c1-12-10-15(19)4-5-16(12)20-17(24)11-23-14(3)18(13(2)21-23)28(25,26)22-6-8-27-9-7-22/h4-5,10H,6-9,11H2,1-3H3,(H,20,24). The molecule has 28 heavy (non-hydrogen) atoms. The highest BCUT2D eigenvalue weighted by atomic mass is 35.5. The Kier molecular flexibility index (Phi) is 6.09. The van der Waals surface area contributed by atoms with Crippen LogP contribution in [0.5, 0.6) is 0 Å². The molecule has 10 heteroatoms. The Bertz CT molecular complexity index is 997. The van der Waals surface area contributed by atoms with Gasteiger partial charge in [0.25, 0.3) is 0 Å². The molecule has 1 saturated heterocycles. The molecule has 1 aromatic carbocycles. The minimum absolute atomic E-state index is 0.0899. The fraction of sp³-hybridized carbons (Fsp3) is 0.444. The molecule has 0 bridgehead atoms. The number of morpholine rings is 1. The minimum Gasteiger partial charge on any atom is -0.379 e. The maximum atomic E-state index is 13.0. The maximum Gasteiger partial charge on any atom is 0.246 e. The van der Waals surface area contributed by atoms with Crippen molar-refractivity contribution in [1.29, 1.82) is 0 Å². The van der Waals surface area contributed by atoms with E-state index in [0.29, 0.717) is 48.4 Å². The number of nitrogens with zero attached hydrogens (tertiary/aromatic N) is 3. The highest BCUT2D eigenvalue weighted by molar-refractivity contribution is 7.89. The lowest BCUT2D eigenvalue weighted by Gasteiger charge is -2.26. The summed E-state index contributed by atoms with van der Waals surface area (Å²) in [5, 5.41) is 7.69. The molecular weight excluding hydrogens is 404 g/mol. The van der Waals surface area contributed by atoms with E-state index in [1.165, 1.54) is 8.99 Å². The van der Waals surface area contributed by atoms with Crippen molar-refractivity contribution in [2.45, 2.75) is 32.2 Å². The van der Waals surface area contributed by atoms with Crippen molar-refractivity contribution in [3.8, 4) is 0 Å². The molecule has 1 N–H and O–H groups in total. The molecule has 152 valence electrons. The van der Waals surface area contributed by atoms with Crippen LogP contribution in [-0.2, 0) is 26.1 Å². The molecule has 0 spiro atoms. The molecule has 2 heterocycles. The topological polar surface area (TPSA) is 93.5 Å². The molecule has 1 fully saturated rings. The number of rotatable bonds is 5. The number of aryl methyl sites for hydroxylation is 2. The summed E-state index contributed by atoms with van der Waals surface area (Å²) in [5.41, 5.74) is 2.30. The Labute approximate surface area is 169 Å². The number of carbonyl (C=O) groups is 1. The van der Waals surface area contributed by atoms with Gasteiger partial charge in [-0.2, -0.15) is 9.40 Å². The number of sulfonamides is 1. The molecule has 0 atom stereocenters. The van der Waals surface area contributed by atoms with Crippen LogP contribution in [0.3, 0.4) is 0 Å². The molecule has 0 radical (unpaired) electrons. The van der Waals surface area contributed by atoms with Gasteiger partial charge in [-0.05, 0) is 44.5 Å². The number of carbonyl (C=O) groups excluding carboxylic acids is 1. The average Bonchev–Trinajstić information content (AvgIpc) is 2.92. The first-order valence-corrected chi connectivity index (χ1v) is 10.7. The van der Waals surface area contributed by atoms with Crippen molar-refractivity contribution in [2.24, 2.45) is 0 Å². The summed E-state index contributed by atoms with van der Waals surface area (Å²) < 4.78 is 34.1. The first kappa shape index (κ1) is 20.8. The van der Waals surface area contributed by atoms with Crippen LogP contribution in [0.25, 0.3) is 0 Å². The first-order chi connectivity index (χ1) is 13.2. The zero-order valence-electron chi connectivity index (χ0n) is 16.0. The second-order valence-electron chi connectivity index (χ2n) is 6.68. The van der Waals surface area contributed by atoms with Gasteiger partial charge in [-0.25, -0.2) is 8.42 Å². The largest absolute Gasteiger partial charge is 0.379 e. The fourth-order valence-corrected chi connectivity index (χ4v) is 5.22. The van der Waals surface area contributed by atoms with Crippen LogP contribution in [0, 0.1) is 20.8 Å². The van der Waals surface area contributed by atoms with Crippen LogP contribution in [0.2, 0.25) is 5.02 Å². The molecule has 0 aliphatic carbocycles. The Morgan fingerprint density at radius 3 is 2.57 bits per heavy atom. The summed E-state index contributed by atoms with van der Waals surface area (Å²) in [6.07, 6.45) is 0. The molecule has 0 saturated carbocycles. The maximum absolute atomic E-state index is 13.0. The first-order valence-electron chi connectivity index (χ1n) is 8.88. The van der Waals surface area contributed by atoms with Crippen LogP contribution >= 0.6 is 11.6 Å². The fourth-order valence-electron chi connectivity index (χ4n) is 3.22. The number of ether oxygens (including phenoxy) is 1. The van der Waals surface area contributed by atoms with Crippen LogP contribution in [0.4, 0.5) is 5.69 Å². The SMILES string of the molecule is Cc1cc(Cl)ccc1NC(=O)Cn1nc(C)c(S(=O)(=O)N2CCOCC2)c1C. The normalized spacial score (nSPS) is 15.6. The van der Waals surface area contributed by atoms with Gasteiger partial charge in [0.2, 0.25) is 15.9 Å². The molecule has 8 nitrogen and oxygen atoms in total. The summed E-state index contributed by atoms with van der Waals surface area (Å²) >= 11 is 5.94. The van der Waals surface area contributed by atoms with Gasteiger partial charge in [-0.15, -0.1) is 0 Å². The van der Waals surface area contributed by atoms with Crippen LogP contribution in [-0.4, -0.2) is 54.7 Å². The molecule has 1 aliphatic rings. The molecule has 3 rings (SSSR count). The third-order valence-electron chi connectivity index (χ3n) is 4.64. The second kappa shape index (κ2) is 8.20. The smallest absolute Gasteiger partial charge is 0.246 e. The third-order valence-corrected chi connectivity index (χ3v) is 7.03. The predicted octanol–water partition coefficient (Wildman–Crippen LogP) is 2.12. The van der Waals surface area contributed by atoms with E-state index < -0.39 is 10.0 Å². The third kappa shape index (κ3) is 4.22. The van der Waals surface area contributed by atoms with Crippen LogP contribution < -0.4 is 5.32 Å². The highest BCUT2D eigenvalue weighted by Gasteiger charge is 2.32. The van der Waals surface area contributed by atoms with E-state index in [9.17, 15) is 13.2 Å². The summed E-state index contributed by atoms with van der Waals surface area (Å²) in [5.74, 6) is -0.300. The zero-order chi connectivity index (χ0) is 20.5. The van der Waals surface area contributed by atoms with E-state index in [2.05, 4.69) is 10.4 Å². The number of hydrogen-bond donors (Lipinski definition) is 1. The van der Waals surface area contributed by atoms with Crippen molar-refractivity contribution in [1.82, 2.24) is 14.1 Å². The Morgan fingerprint density at radius 1 is 1.25 bits per heavy atom. The predicted molar refractivity (Wildman–Crippen MR) is 106 cm³/mol. The number of benzene rings is 1. The molecule has 1 aliphatic heterocycles. The molecular formula is C18H23ClN4O4S. The van der Waals surface area contributed by atoms with Gasteiger partial charge < -0.3 is 10.1 Å². The van der Waals surface area contributed by atoms with E-state index in [1.807, 2.05) is 6.92 Å². The molecule has 1 aromatic heterocycles. The van der Waals surface area contributed by atoms with E-state index >= 15 is 0 Å². The van der Waals surface area contributed by atoms with Crippen LogP contribution in [0.1, 0.15) is 17.0 Å². The Balaban J connectivity index is 1.80. The van der Waals surface area contributed by atoms with Crippen molar-refractivity contribution < 1.29 is 17.9 Å². The van der Waals surface area contributed by atoms with Gasteiger partial charge in [-0.1, -0.05) is 11.6 Å². The summed E-state index contributed by atoms with van der Waals surface area (Å²) in [4.78, 5) is 12.6. The van der Waals surface area contributed by atoms with Gasteiger partial charge in [0.15, 0.2) is 0 Å². The average molecular weight is 427 g/mol. The number of nitrogens with one attached hydrogen (secondary N) is 1. The number of aromatic nitrogens is 2. The van der Waals surface area contributed by atoms with Crippen molar-refractivity contribution in [3.05, 3.63) is 40.2 Å². The lowest BCUT2D eigenvalue weighted by molar-refractivity contribution is -0.116. The Morgan fingerprint density at radius 2 is 1.93 bits per heavy atom. The van der Waals surface area contributed by atoms with Crippen molar-refractivity contribution in [3.63, 3.8) is 0 Å². The summed E-state index contributed by atoms with van der Waals surface area (Å²) in [6, 6.07) is 5.18. The van der Waals surface area contributed by atoms with E-state index in [4.69, 9.17) is 16.3 Å². The second-order valence-corrected chi connectivity index (χ2v) is 8.99.